The van der Waals surface area contributed by atoms with Gasteiger partial charge in [-0.2, -0.15) is 0 Å². The van der Waals surface area contributed by atoms with Crippen molar-refractivity contribution in [3.63, 3.8) is 0 Å². The zero-order valence-electron chi connectivity index (χ0n) is 11.5. The zero-order chi connectivity index (χ0) is 14.5. The Morgan fingerprint density at radius 3 is 2.40 bits per heavy atom. The van der Waals surface area contributed by atoms with Crippen molar-refractivity contribution in [2.45, 2.75) is 26.7 Å². The second-order valence-electron chi connectivity index (χ2n) is 4.32. The number of ether oxygens (including phenoxy) is 1. The van der Waals surface area contributed by atoms with E-state index >= 15 is 0 Å². The summed E-state index contributed by atoms with van der Waals surface area (Å²) in [6, 6.07) is 7.57. The number of nitrogens with zero attached hydrogens (tertiary/aromatic N) is 2. The highest BCUT2D eigenvalue weighted by Gasteiger charge is 2.12. The van der Waals surface area contributed by atoms with Gasteiger partial charge < -0.3 is 4.74 Å². The van der Waals surface area contributed by atoms with Crippen molar-refractivity contribution in [2.75, 3.05) is 6.61 Å². The highest BCUT2D eigenvalue weighted by Crippen LogP contribution is 2.28. The Kier molecular flexibility index (Phi) is 5.21. The highest BCUT2D eigenvalue weighted by molar-refractivity contribution is 6.34. The molecule has 0 saturated carbocycles. The Morgan fingerprint density at radius 1 is 1.10 bits per heavy atom. The van der Waals surface area contributed by atoms with E-state index in [1.165, 1.54) is 0 Å². The molecule has 0 N–H and O–H groups in total. The first-order valence-electron chi connectivity index (χ1n) is 6.60. The maximum atomic E-state index is 6.20. The highest BCUT2D eigenvalue weighted by atomic mass is 35.5. The Hall–Kier alpha value is -1.32. The summed E-state index contributed by atoms with van der Waals surface area (Å²) in [6.07, 6.45) is 1.72. The number of halogens is 2. The average molecular weight is 311 g/mol. The molecule has 1 aromatic heterocycles. The summed E-state index contributed by atoms with van der Waals surface area (Å²) in [4.78, 5) is 8.68. The summed E-state index contributed by atoms with van der Waals surface area (Å²) in [5.41, 5.74) is 1.64. The van der Waals surface area contributed by atoms with E-state index in [0.717, 1.165) is 29.7 Å². The molecule has 2 rings (SSSR count). The monoisotopic (exact) mass is 310 g/mol. The predicted molar refractivity (Wildman–Crippen MR) is 82.7 cm³/mol. The predicted octanol–water partition coefficient (Wildman–Crippen LogP) is 4.80. The van der Waals surface area contributed by atoms with Crippen molar-refractivity contribution in [3.8, 4) is 17.1 Å². The number of aromatic nitrogens is 2. The molecular weight excluding hydrogens is 295 g/mol. The van der Waals surface area contributed by atoms with Crippen LogP contribution in [0.2, 0.25) is 10.3 Å². The first kappa shape index (κ1) is 15.1. The van der Waals surface area contributed by atoms with Crippen LogP contribution in [0.4, 0.5) is 0 Å². The number of hydrogen-bond acceptors (Lipinski definition) is 3. The molecule has 0 radical (unpaired) electrons. The van der Waals surface area contributed by atoms with Crippen molar-refractivity contribution >= 4 is 23.2 Å². The molecule has 3 nitrogen and oxygen atoms in total. The summed E-state index contributed by atoms with van der Waals surface area (Å²) in [5, 5.41) is 0.840. The maximum absolute atomic E-state index is 6.20. The van der Waals surface area contributed by atoms with Gasteiger partial charge in [-0.15, -0.1) is 0 Å². The van der Waals surface area contributed by atoms with E-state index in [-0.39, 0.29) is 0 Å². The molecule has 5 heteroatoms. The topological polar surface area (TPSA) is 35.0 Å². The molecule has 0 saturated heterocycles. The van der Waals surface area contributed by atoms with Crippen LogP contribution in [0.1, 0.15) is 25.8 Å². The number of hydrogen-bond donors (Lipinski definition) is 0. The van der Waals surface area contributed by atoms with E-state index in [0.29, 0.717) is 22.7 Å². The van der Waals surface area contributed by atoms with Gasteiger partial charge in [0.1, 0.15) is 16.1 Å². The van der Waals surface area contributed by atoms with Crippen molar-refractivity contribution in [3.05, 3.63) is 40.1 Å². The third-order valence-corrected chi connectivity index (χ3v) is 3.43. The van der Waals surface area contributed by atoms with Gasteiger partial charge in [0.25, 0.3) is 0 Å². The van der Waals surface area contributed by atoms with Gasteiger partial charge in [0.2, 0.25) is 0 Å². The second-order valence-corrected chi connectivity index (χ2v) is 5.03. The van der Waals surface area contributed by atoms with Crippen LogP contribution >= 0.6 is 23.2 Å². The molecule has 0 spiro atoms. The fourth-order valence-corrected chi connectivity index (χ4v) is 2.48. The third-order valence-electron chi connectivity index (χ3n) is 2.81. The van der Waals surface area contributed by atoms with Crippen molar-refractivity contribution in [1.29, 1.82) is 0 Å². The molecule has 0 atom stereocenters. The van der Waals surface area contributed by atoms with Gasteiger partial charge in [0, 0.05) is 11.1 Å². The molecule has 1 heterocycles. The lowest BCUT2D eigenvalue weighted by molar-refractivity contribution is 0.340. The molecule has 0 bridgehead atoms. The summed E-state index contributed by atoms with van der Waals surface area (Å²) in [6.45, 7) is 4.61. The molecule has 0 amide bonds. The maximum Gasteiger partial charge on any atom is 0.162 e. The minimum Gasteiger partial charge on any atom is -0.494 e. The molecule has 2 aromatic rings. The summed E-state index contributed by atoms with van der Waals surface area (Å²) in [7, 11) is 0. The molecule has 0 aliphatic rings. The van der Waals surface area contributed by atoms with Crippen LogP contribution in [-0.2, 0) is 6.42 Å². The fraction of sp³-hybridized carbons (Fsp3) is 0.333. The van der Waals surface area contributed by atoms with Crippen molar-refractivity contribution in [1.82, 2.24) is 9.97 Å². The first-order chi connectivity index (χ1) is 9.65. The Morgan fingerprint density at radius 2 is 1.80 bits per heavy atom. The Balaban J connectivity index is 2.40. The number of benzene rings is 1. The van der Waals surface area contributed by atoms with Crippen LogP contribution < -0.4 is 4.74 Å². The third kappa shape index (κ3) is 3.41. The smallest absolute Gasteiger partial charge is 0.162 e. The van der Waals surface area contributed by atoms with E-state index in [2.05, 4.69) is 16.9 Å². The van der Waals surface area contributed by atoms with Gasteiger partial charge in [0.15, 0.2) is 5.82 Å². The minimum absolute atomic E-state index is 0.420. The lowest BCUT2D eigenvalue weighted by Gasteiger charge is -2.09. The van der Waals surface area contributed by atoms with Gasteiger partial charge in [0.05, 0.1) is 6.61 Å². The lowest BCUT2D eigenvalue weighted by Crippen LogP contribution is -1.98. The van der Waals surface area contributed by atoms with Crippen LogP contribution in [0.25, 0.3) is 11.4 Å². The van der Waals surface area contributed by atoms with Crippen LogP contribution in [0.3, 0.4) is 0 Å². The Bertz CT molecular complexity index is 579. The van der Waals surface area contributed by atoms with Crippen LogP contribution in [0.5, 0.6) is 5.75 Å². The van der Waals surface area contributed by atoms with E-state index < -0.39 is 0 Å². The molecule has 0 unspecified atom stereocenters. The lowest BCUT2D eigenvalue weighted by atomic mass is 10.1. The molecule has 0 aliphatic heterocycles. The van der Waals surface area contributed by atoms with E-state index in [1.807, 2.05) is 31.2 Å². The van der Waals surface area contributed by atoms with E-state index in [4.69, 9.17) is 27.9 Å². The Labute approximate surface area is 128 Å². The zero-order valence-corrected chi connectivity index (χ0v) is 13.0. The average Bonchev–Trinajstić information content (AvgIpc) is 2.43. The van der Waals surface area contributed by atoms with Gasteiger partial charge in [-0.25, -0.2) is 9.97 Å². The van der Waals surface area contributed by atoms with Gasteiger partial charge in [-0.05, 0) is 25.5 Å². The minimum atomic E-state index is 0.420. The number of rotatable bonds is 5. The van der Waals surface area contributed by atoms with E-state index in [1.54, 1.807) is 0 Å². The summed E-state index contributed by atoms with van der Waals surface area (Å²) >= 11 is 12.4. The largest absolute Gasteiger partial charge is 0.494 e. The molecule has 20 heavy (non-hydrogen) atoms. The molecule has 0 aliphatic carbocycles. The molecule has 0 fully saturated rings. The normalized spacial score (nSPS) is 10.6. The van der Waals surface area contributed by atoms with Crippen molar-refractivity contribution < 1.29 is 4.74 Å². The van der Waals surface area contributed by atoms with Gasteiger partial charge >= 0.3 is 0 Å². The first-order valence-corrected chi connectivity index (χ1v) is 7.36. The SMILES string of the molecule is CCCc1c(Cl)nc(-c2cccc(OCC)c2)nc1Cl. The van der Waals surface area contributed by atoms with Crippen LogP contribution in [0.15, 0.2) is 24.3 Å². The quantitative estimate of drug-likeness (QED) is 0.744. The van der Waals surface area contributed by atoms with Gasteiger partial charge in [-0.1, -0.05) is 48.7 Å². The molecule has 106 valence electrons. The molecule has 1 aromatic carbocycles. The van der Waals surface area contributed by atoms with Crippen LogP contribution in [-0.4, -0.2) is 16.6 Å². The molecular formula is C15H16Cl2N2O. The van der Waals surface area contributed by atoms with E-state index in [9.17, 15) is 0 Å². The summed E-state index contributed by atoms with van der Waals surface area (Å²) in [5.74, 6) is 1.29. The van der Waals surface area contributed by atoms with Gasteiger partial charge in [-0.3, -0.25) is 0 Å². The second kappa shape index (κ2) is 6.91. The fourth-order valence-electron chi connectivity index (χ4n) is 1.91. The standard InChI is InChI=1S/C15H16Cl2N2O/c1-3-6-12-13(16)18-15(19-14(12)17)10-7-5-8-11(9-10)20-4-2/h5,7-9H,3-4,6H2,1-2H3. The summed E-state index contributed by atoms with van der Waals surface area (Å²) < 4.78 is 5.47. The van der Waals surface area contributed by atoms with Crippen LogP contribution in [0, 0.1) is 0 Å². The van der Waals surface area contributed by atoms with Crippen molar-refractivity contribution in [2.24, 2.45) is 0 Å².